The lowest BCUT2D eigenvalue weighted by Gasteiger charge is -2.13. The zero-order valence-electron chi connectivity index (χ0n) is 8.80. The highest BCUT2D eigenvalue weighted by atomic mass is 79.9. The summed E-state index contributed by atoms with van der Waals surface area (Å²) in [6.07, 6.45) is 0.224. The van der Waals surface area contributed by atoms with Gasteiger partial charge in [-0.1, -0.05) is 12.1 Å². The number of nitrogens with one attached hydrogen (secondary N) is 1. The van der Waals surface area contributed by atoms with E-state index in [1.165, 1.54) is 5.56 Å². The van der Waals surface area contributed by atoms with Crippen LogP contribution in [-0.2, 0) is 4.74 Å². The van der Waals surface area contributed by atoms with Crippen LogP contribution in [0.1, 0.15) is 12.5 Å². The molecule has 0 spiro atoms. The third kappa shape index (κ3) is 3.00. The summed E-state index contributed by atoms with van der Waals surface area (Å²) in [6, 6.07) is 6.17. The number of hydrogen-bond donors (Lipinski definition) is 1. The summed E-state index contributed by atoms with van der Waals surface area (Å²) in [7, 11) is 1.72. The molecule has 1 aromatic rings. The number of ether oxygens (including phenoxy) is 1. The van der Waals surface area contributed by atoms with Crippen molar-refractivity contribution in [3.63, 3.8) is 0 Å². The molecule has 0 aliphatic heterocycles. The van der Waals surface area contributed by atoms with Gasteiger partial charge in [-0.3, -0.25) is 0 Å². The van der Waals surface area contributed by atoms with Crippen LogP contribution in [0.25, 0.3) is 0 Å². The topological polar surface area (TPSA) is 21.3 Å². The Labute approximate surface area is 93.8 Å². The quantitative estimate of drug-likeness (QED) is 0.895. The normalized spacial score (nSPS) is 12.6. The molecule has 0 bridgehead atoms. The van der Waals surface area contributed by atoms with Gasteiger partial charge in [0.05, 0.1) is 6.10 Å². The first kappa shape index (κ1) is 11.5. The first-order chi connectivity index (χ1) is 6.65. The molecule has 0 fully saturated rings. The minimum absolute atomic E-state index is 0.224. The summed E-state index contributed by atoms with van der Waals surface area (Å²) >= 11 is 3.55. The van der Waals surface area contributed by atoms with Crippen LogP contribution in [-0.4, -0.2) is 19.8 Å². The van der Waals surface area contributed by atoms with Gasteiger partial charge in [-0.25, -0.2) is 0 Å². The maximum Gasteiger partial charge on any atom is 0.0715 e. The molecule has 0 amide bonds. The van der Waals surface area contributed by atoms with Gasteiger partial charge in [0.2, 0.25) is 0 Å². The Morgan fingerprint density at radius 1 is 1.50 bits per heavy atom. The molecule has 1 atom stereocenters. The molecule has 2 nitrogen and oxygen atoms in total. The second-order valence-corrected chi connectivity index (χ2v) is 4.16. The number of rotatable bonds is 4. The van der Waals surface area contributed by atoms with Crippen LogP contribution < -0.4 is 5.32 Å². The van der Waals surface area contributed by atoms with Crippen molar-refractivity contribution in [3.05, 3.63) is 28.2 Å². The number of aryl methyl sites for hydroxylation is 1. The third-order valence-corrected chi connectivity index (χ3v) is 3.23. The van der Waals surface area contributed by atoms with Gasteiger partial charge in [-0.05, 0) is 41.4 Å². The summed E-state index contributed by atoms with van der Waals surface area (Å²) in [5.41, 5.74) is 2.36. The molecule has 0 heterocycles. The summed E-state index contributed by atoms with van der Waals surface area (Å²) in [5.74, 6) is 0. The molecular weight excluding hydrogens is 242 g/mol. The molecule has 1 unspecified atom stereocenters. The zero-order valence-corrected chi connectivity index (χ0v) is 10.4. The highest BCUT2D eigenvalue weighted by Gasteiger charge is 2.03. The molecule has 0 aliphatic rings. The first-order valence-electron chi connectivity index (χ1n) is 4.67. The van der Waals surface area contributed by atoms with Crippen LogP contribution in [0.15, 0.2) is 22.7 Å². The Bertz CT molecular complexity index is 301. The molecular formula is C11H16BrNO. The van der Waals surface area contributed by atoms with Crippen LogP contribution in [0.5, 0.6) is 0 Å². The largest absolute Gasteiger partial charge is 0.382 e. The van der Waals surface area contributed by atoms with E-state index in [2.05, 4.69) is 40.3 Å². The van der Waals surface area contributed by atoms with Crippen molar-refractivity contribution in [2.45, 2.75) is 20.0 Å². The lowest BCUT2D eigenvalue weighted by molar-refractivity contribution is 0.129. The Hall–Kier alpha value is -0.540. The molecule has 1 rings (SSSR count). The van der Waals surface area contributed by atoms with Gasteiger partial charge in [0.25, 0.3) is 0 Å². The van der Waals surface area contributed by atoms with E-state index in [4.69, 9.17) is 4.74 Å². The van der Waals surface area contributed by atoms with Crippen LogP contribution in [0.2, 0.25) is 0 Å². The van der Waals surface area contributed by atoms with Gasteiger partial charge in [0.1, 0.15) is 0 Å². The minimum atomic E-state index is 0.224. The Morgan fingerprint density at radius 2 is 2.21 bits per heavy atom. The van der Waals surface area contributed by atoms with Gasteiger partial charge in [0.15, 0.2) is 0 Å². The van der Waals surface area contributed by atoms with E-state index in [1.54, 1.807) is 7.11 Å². The number of hydrogen-bond acceptors (Lipinski definition) is 2. The van der Waals surface area contributed by atoms with Crippen molar-refractivity contribution in [1.29, 1.82) is 0 Å². The van der Waals surface area contributed by atoms with E-state index < -0.39 is 0 Å². The lowest BCUT2D eigenvalue weighted by Crippen LogP contribution is -2.18. The number of benzene rings is 1. The highest BCUT2D eigenvalue weighted by molar-refractivity contribution is 9.10. The minimum Gasteiger partial charge on any atom is -0.382 e. The average Bonchev–Trinajstić information content (AvgIpc) is 2.20. The van der Waals surface area contributed by atoms with E-state index in [-0.39, 0.29) is 6.10 Å². The number of anilines is 1. The second-order valence-electron chi connectivity index (χ2n) is 3.36. The van der Waals surface area contributed by atoms with E-state index in [1.807, 2.05) is 13.0 Å². The van der Waals surface area contributed by atoms with Crippen LogP contribution in [0, 0.1) is 6.92 Å². The van der Waals surface area contributed by atoms with Crippen LogP contribution >= 0.6 is 15.9 Å². The Kier molecular flexibility index (Phi) is 4.42. The summed E-state index contributed by atoms with van der Waals surface area (Å²) in [6.45, 7) is 4.93. The van der Waals surface area contributed by atoms with Crippen molar-refractivity contribution < 1.29 is 4.74 Å². The van der Waals surface area contributed by atoms with E-state index in [0.29, 0.717) is 0 Å². The molecule has 0 aliphatic carbocycles. The van der Waals surface area contributed by atoms with E-state index in [0.717, 1.165) is 16.7 Å². The fourth-order valence-corrected chi connectivity index (χ4v) is 1.53. The molecule has 1 N–H and O–H groups in total. The number of halogens is 1. The Balaban J connectivity index is 2.63. The van der Waals surface area contributed by atoms with Crippen molar-refractivity contribution >= 4 is 21.6 Å². The number of methoxy groups -OCH3 is 1. The zero-order chi connectivity index (χ0) is 10.6. The molecule has 0 aromatic heterocycles. The summed E-state index contributed by atoms with van der Waals surface area (Å²) in [5, 5.41) is 3.33. The van der Waals surface area contributed by atoms with Gasteiger partial charge < -0.3 is 10.1 Å². The third-order valence-electron chi connectivity index (χ3n) is 2.17. The maximum absolute atomic E-state index is 5.16. The van der Waals surface area contributed by atoms with Crippen molar-refractivity contribution in [2.75, 3.05) is 19.0 Å². The van der Waals surface area contributed by atoms with Crippen LogP contribution in [0.3, 0.4) is 0 Å². The Morgan fingerprint density at radius 3 is 2.86 bits per heavy atom. The fraction of sp³-hybridized carbons (Fsp3) is 0.455. The first-order valence-corrected chi connectivity index (χ1v) is 5.46. The monoisotopic (exact) mass is 257 g/mol. The van der Waals surface area contributed by atoms with Crippen molar-refractivity contribution in [1.82, 2.24) is 0 Å². The molecule has 1 aromatic carbocycles. The van der Waals surface area contributed by atoms with Crippen molar-refractivity contribution in [2.24, 2.45) is 0 Å². The van der Waals surface area contributed by atoms with Crippen LogP contribution in [0.4, 0.5) is 5.69 Å². The molecule has 0 saturated carbocycles. The van der Waals surface area contributed by atoms with E-state index >= 15 is 0 Å². The molecule has 0 saturated heterocycles. The fourth-order valence-electron chi connectivity index (χ4n) is 1.12. The van der Waals surface area contributed by atoms with E-state index in [9.17, 15) is 0 Å². The smallest absolute Gasteiger partial charge is 0.0715 e. The summed E-state index contributed by atoms with van der Waals surface area (Å²) in [4.78, 5) is 0. The van der Waals surface area contributed by atoms with Gasteiger partial charge in [-0.15, -0.1) is 0 Å². The highest BCUT2D eigenvalue weighted by Crippen LogP contribution is 2.25. The predicted octanol–water partition coefficient (Wildman–Crippen LogP) is 3.20. The SMILES string of the molecule is COC(C)CNc1cccc(C)c1Br. The molecule has 0 radical (unpaired) electrons. The predicted molar refractivity (Wildman–Crippen MR) is 63.8 cm³/mol. The molecule has 78 valence electrons. The summed E-state index contributed by atoms with van der Waals surface area (Å²) < 4.78 is 6.29. The lowest BCUT2D eigenvalue weighted by atomic mass is 10.2. The van der Waals surface area contributed by atoms with Crippen molar-refractivity contribution in [3.8, 4) is 0 Å². The van der Waals surface area contributed by atoms with Gasteiger partial charge in [-0.2, -0.15) is 0 Å². The average molecular weight is 258 g/mol. The standard InChI is InChI=1S/C11H16BrNO/c1-8-5-4-6-10(11(8)12)13-7-9(2)14-3/h4-6,9,13H,7H2,1-3H3. The van der Waals surface area contributed by atoms with Gasteiger partial charge in [0, 0.05) is 23.8 Å². The second kappa shape index (κ2) is 5.37. The van der Waals surface area contributed by atoms with Gasteiger partial charge >= 0.3 is 0 Å². The molecule has 3 heteroatoms. The maximum atomic E-state index is 5.16. The molecule has 14 heavy (non-hydrogen) atoms.